The zero-order valence-corrected chi connectivity index (χ0v) is 19.5. The van der Waals surface area contributed by atoms with Crippen LogP contribution in [-0.4, -0.2) is 23.8 Å². The lowest BCUT2D eigenvalue weighted by Crippen LogP contribution is -2.31. The molecule has 0 spiro atoms. The van der Waals surface area contributed by atoms with Gasteiger partial charge in [-0.15, -0.1) is 0 Å². The van der Waals surface area contributed by atoms with Crippen molar-refractivity contribution in [1.29, 1.82) is 0 Å². The minimum Gasteiger partial charge on any atom is -0.496 e. The van der Waals surface area contributed by atoms with E-state index in [2.05, 4.69) is 10.6 Å². The number of non-ortho nitro benzene ring substituents is 1. The molecule has 9 heteroatoms. The van der Waals surface area contributed by atoms with Crippen LogP contribution >= 0.6 is 11.6 Å². The molecule has 0 fully saturated rings. The molecule has 0 aliphatic rings. The Morgan fingerprint density at radius 3 is 2.38 bits per heavy atom. The maximum absolute atomic E-state index is 13.2. The van der Waals surface area contributed by atoms with Gasteiger partial charge in [0.05, 0.1) is 17.6 Å². The molecule has 0 aliphatic heterocycles. The first-order valence-corrected chi connectivity index (χ1v) is 10.5. The molecule has 174 valence electrons. The van der Waals surface area contributed by atoms with E-state index in [-0.39, 0.29) is 22.7 Å². The van der Waals surface area contributed by atoms with E-state index in [0.717, 1.165) is 11.1 Å². The van der Waals surface area contributed by atoms with Gasteiger partial charge in [0.15, 0.2) is 0 Å². The van der Waals surface area contributed by atoms with E-state index in [0.29, 0.717) is 16.3 Å². The SMILES string of the molecule is COc1ccc(Cl)cc1C(=O)NC(=Cc1cccc([N+](=O)[O-])c1)C(=O)Nc1cc(C)cc(C)c1. The van der Waals surface area contributed by atoms with Crippen molar-refractivity contribution in [1.82, 2.24) is 5.32 Å². The van der Waals surface area contributed by atoms with Crippen LogP contribution in [0.3, 0.4) is 0 Å². The lowest BCUT2D eigenvalue weighted by molar-refractivity contribution is -0.384. The van der Waals surface area contributed by atoms with Crippen molar-refractivity contribution in [3.63, 3.8) is 0 Å². The predicted octanol–water partition coefficient (Wildman–Crippen LogP) is 5.28. The van der Waals surface area contributed by atoms with Crippen LogP contribution in [0.25, 0.3) is 6.08 Å². The molecule has 2 N–H and O–H groups in total. The van der Waals surface area contributed by atoms with Crippen LogP contribution in [0.4, 0.5) is 11.4 Å². The molecule has 0 saturated heterocycles. The Kier molecular flexibility index (Phi) is 7.65. The standard InChI is InChI=1S/C25H22ClN3O5/c1-15-9-16(2)11-19(10-15)27-25(31)22(13-17-5-4-6-20(12-17)29(32)33)28-24(30)21-14-18(26)7-8-23(21)34-3/h4-14H,1-3H3,(H,27,31)(H,28,30). The molecule has 3 aromatic carbocycles. The second kappa shape index (κ2) is 10.6. The van der Waals surface area contributed by atoms with E-state index in [9.17, 15) is 19.7 Å². The normalized spacial score (nSPS) is 11.0. The molecule has 0 heterocycles. The number of carbonyl (C=O) groups is 2. The first-order chi connectivity index (χ1) is 16.2. The fourth-order valence-electron chi connectivity index (χ4n) is 3.35. The van der Waals surface area contributed by atoms with Gasteiger partial charge in [0, 0.05) is 22.8 Å². The van der Waals surface area contributed by atoms with E-state index in [1.165, 1.54) is 43.5 Å². The van der Waals surface area contributed by atoms with Crippen molar-refractivity contribution in [2.45, 2.75) is 13.8 Å². The number of hydrogen-bond acceptors (Lipinski definition) is 5. The van der Waals surface area contributed by atoms with Crippen LogP contribution < -0.4 is 15.4 Å². The van der Waals surface area contributed by atoms with E-state index in [1.54, 1.807) is 24.3 Å². The lowest BCUT2D eigenvalue weighted by Gasteiger charge is -2.14. The number of amides is 2. The highest BCUT2D eigenvalue weighted by molar-refractivity contribution is 6.31. The highest BCUT2D eigenvalue weighted by atomic mass is 35.5. The minimum absolute atomic E-state index is 0.119. The number of rotatable bonds is 7. The molecule has 8 nitrogen and oxygen atoms in total. The number of carbonyl (C=O) groups excluding carboxylic acids is 2. The number of anilines is 1. The molecular formula is C25H22ClN3O5. The molecule has 2 amide bonds. The quantitative estimate of drug-likeness (QED) is 0.272. The lowest BCUT2D eigenvalue weighted by atomic mass is 10.1. The van der Waals surface area contributed by atoms with Crippen LogP contribution in [0.2, 0.25) is 5.02 Å². The number of nitro groups is 1. The third kappa shape index (κ3) is 6.20. The summed E-state index contributed by atoms with van der Waals surface area (Å²) in [5.74, 6) is -0.969. The summed E-state index contributed by atoms with van der Waals surface area (Å²) < 4.78 is 5.23. The fraction of sp³-hybridized carbons (Fsp3) is 0.120. The van der Waals surface area contributed by atoms with Crippen molar-refractivity contribution < 1.29 is 19.2 Å². The monoisotopic (exact) mass is 479 g/mol. The third-order valence-corrected chi connectivity index (χ3v) is 5.01. The first kappa shape index (κ1) is 24.5. The molecule has 0 atom stereocenters. The third-order valence-electron chi connectivity index (χ3n) is 4.77. The second-order valence-corrected chi connectivity index (χ2v) is 7.98. The summed E-state index contributed by atoms with van der Waals surface area (Å²) in [4.78, 5) is 36.8. The molecule has 0 bridgehead atoms. The van der Waals surface area contributed by atoms with Gasteiger partial charge in [0.2, 0.25) is 0 Å². The molecule has 0 aliphatic carbocycles. The van der Waals surface area contributed by atoms with Gasteiger partial charge in [0.1, 0.15) is 11.4 Å². The van der Waals surface area contributed by atoms with Crippen molar-refractivity contribution in [3.8, 4) is 5.75 Å². The minimum atomic E-state index is -0.633. The van der Waals surface area contributed by atoms with Crippen molar-refractivity contribution >= 4 is 40.9 Å². The Morgan fingerprint density at radius 1 is 1.03 bits per heavy atom. The summed E-state index contributed by atoms with van der Waals surface area (Å²) in [6.45, 7) is 3.80. The highest BCUT2D eigenvalue weighted by Gasteiger charge is 2.19. The molecular weight excluding hydrogens is 458 g/mol. The molecule has 0 radical (unpaired) electrons. The molecule has 3 rings (SSSR count). The van der Waals surface area contributed by atoms with Gasteiger partial charge in [0.25, 0.3) is 17.5 Å². The first-order valence-electron chi connectivity index (χ1n) is 10.2. The summed E-state index contributed by atoms with van der Waals surface area (Å²) in [6, 6.07) is 15.8. The number of ether oxygens (including phenoxy) is 1. The Morgan fingerprint density at radius 2 is 1.74 bits per heavy atom. The second-order valence-electron chi connectivity index (χ2n) is 7.54. The largest absolute Gasteiger partial charge is 0.496 e. The summed E-state index contributed by atoms with van der Waals surface area (Å²) in [5, 5.41) is 16.8. The van der Waals surface area contributed by atoms with Gasteiger partial charge in [-0.3, -0.25) is 19.7 Å². The summed E-state index contributed by atoms with van der Waals surface area (Å²) in [5.41, 5.74) is 2.66. The Bertz CT molecular complexity index is 1280. The van der Waals surface area contributed by atoms with Crippen LogP contribution in [0.1, 0.15) is 27.0 Å². The van der Waals surface area contributed by atoms with Crippen LogP contribution in [0.5, 0.6) is 5.75 Å². The van der Waals surface area contributed by atoms with Crippen molar-refractivity contribution in [2.75, 3.05) is 12.4 Å². The maximum Gasteiger partial charge on any atom is 0.272 e. The summed E-state index contributed by atoms with van der Waals surface area (Å²) >= 11 is 6.04. The summed E-state index contributed by atoms with van der Waals surface area (Å²) in [6.07, 6.45) is 1.36. The Labute approximate surface area is 201 Å². The smallest absolute Gasteiger partial charge is 0.272 e. The number of benzene rings is 3. The average Bonchev–Trinajstić information content (AvgIpc) is 2.78. The van der Waals surface area contributed by atoms with Gasteiger partial charge in [-0.25, -0.2) is 0 Å². The van der Waals surface area contributed by atoms with Crippen LogP contribution in [0, 0.1) is 24.0 Å². The average molecular weight is 480 g/mol. The van der Waals surface area contributed by atoms with E-state index in [1.807, 2.05) is 19.9 Å². The van der Waals surface area contributed by atoms with Crippen LogP contribution in [-0.2, 0) is 4.79 Å². The Balaban J connectivity index is 2.00. The fourth-order valence-corrected chi connectivity index (χ4v) is 3.52. The number of nitrogens with one attached hydrogen (secondary N) is 2. The zero-order chi connectivity index (χ0) is 24.8. The van der Waals surface area contributed by atoms with Gasteiger partial charge < -0.3 is 15.4 Å². The highest BCUT2D eigenvalue weighted by Crippen LogP contribution is 2.23. The molecule has 0 unspecified atom stereocenters. The van der Waals surface area contributed by atoms with E-state index < -0.39 is 16.7 Å². The van der Waals surface area contributed by atoms with Gasteiger partial charge >= 0.3 is 0 Å². The topological polar surface area (TPSA) is 111 Å². The number of aryl methyl sites for hydroxylation is 2. The molecule has 0 saturated carbocycles. The molecule has 0 aromatic heterocycles. The zero-order valence-electron chi connectivity index (χ0n) is 18.7. The van der Waals surface area contributed by atoms with Gasteiger partial charge in [-0.05, 0) is 66.9 Å². The number of nitrogens with zero attached hydrogens (tertiary/aromatic N) is 1. The van der Waals surface area contributed by atoms with Gasteiger partial charge in [-0.2, -0.15) is 0 Å². The number of halogens is 1. The van der Waals surface area contributed by atoms with Crippen molar-refractivity contribution in [2.24, 2.45) is 0 Å². The maximum atomic E-state index is 13.2. The van der Waals surface area contributed by atoms with Crippen molar-refractivity contribution in [3.05, 3.63) is 104 Å². The molecule has 3 aromatic rings. The number of nitro benzene ring substituents is 1. The Hall–Kier alpha value is -4.17. The predicted molar refractivity (Wildman–Crippen MR) is 131 cm³/mol. The number of methoxy groups -OCH3 is 1. The van der Waals surface area contributed by atoms with E-state index >= 15 is 0 Å². The number of hydrogen-bond donors (Lipinski definition) is 2. The van der Waals surface area contributed by atoms with Gasteiger partial charge in [-0.1, -0.05) is 29.8 Å². The van der Waals surface area contributed by atoms with E-state index in [4.69, 9.17) is 16.3 Å². The van der Waals surface area contributed by atoms with Crippen LogP contribution in [0.15, 0.2) is 66.4 Å². The molecule has 34 heavy (non-hydrogen) atoms. The summed E-state index contributed by atoms with van der Waals surface area (Å²) in [7, 11) is 1.41.